The van der Waals surface area contributed by atoms with Crippen LogP contribution in [0.2, 0.25) is 0 Å². The molecule has 0 unspecified atom stereocenters. The molecule has 2 aromatic carbocycles. The van der Waals surface area contributed by atoms with Gasteiger partial charge in [-0.2, -0.15) is 0 Å². The molecule has 0 fully saturated rings. The summed E-state index contributed by atoms with van der Waals surface area (Å²) >= 11 is 0. The fraction of sp³-hybridized carbons (Fsp3) is 0.483. The van der Waals surface area contributed by atoms with Gasteiger partial charge in [0.15, 0.2) is 11.5 Å². The van der Waals surface area contributed by atoms with E-state index in [4.69, 9.17) is 27.8 Å². The highest BCUT2D eigenvalue weighted by atomic mass is 31.2. The van der Waals surface area contributed by atoms with Crippen molar-refractivity contribution < 1.29 is 37.5 Å². The Labute approximate surface area is 232 Å². The van der Waals surface area contributed by atoms with Crippen molar-refractivity contribution in [1.29, 1.82) is 0 Å². The molecule has 10 heteroatoms. The van der Waals surface area contributed by atoms with E-state index < -0.39 is 25.9 Å². The van der Waals surface area contributed by atoms with E-state index in [-0.39, 0.29) is 12.5 Å². The first-order chi connectivity index (χ1) is 18.7. The minimum Gasteiger partial charge on any atom is -0.493 e. The van der Waals surface area contributed by atoms with Gasteiger partial charge >= 0.3 is 14.3 Å². The van der Waals surface area contributed by atoms with Crippen LogP contribution in [0.4, 0.5) is 4.79 Å². The lowest BCUT2D eigenvalue weighted by molar-refractivity contribution is -0.0112. The number of hydrogen-bond donors (Lipinski definition) is 1. The van der Waals surface area contributed by atoms with Gasteiger partial charge in [-0.3, -0.25) is 0 Å². The molecule has 0 radical (unpaired) electrons. The Hall–Kier alpha value is -3.00. The maximum Gasteiger partial charge on any atom is 0.716 e. The number of amides is 1. The smallest absolute Gasteiger partial charge is 0.493 e. The topological polar surface area (TPSA) is 95.9 Å². The molecule has 1 amide bonds. The normalized spacial score (nSPS) is 15.7. The van der Waals surface area contributed by atoms with Crippen LogP contribution in [0.3, 0.4) is 0 Å². The molecule has 0 bridgehead atoms. The molecule has 39 heavy (non-hydrogen) atoms. The van der Waals surface area contributed by atoms with Crippen molar-refractivity contribution in [3.63, 3.8) is 0 Å². The third-order valence-corrected chi connectivity index (χ3v) is 6.82. The SMILES string of the molecule is CCCCOCCCC[C@@H]1COC=C(O[P+](O)(Oc2ccccc2)Oc2ccccc2)N1C(=O)OC(C)(C)C. The van der Waals surface area contributed by atoms with Gasteiger partial charge < -0.3 is 14.2 Å². The second-order valence-electron chi connectivity index (χ2n) is 10.1. The predicted octanol–water partition coefficient (Wildman–Crippen LogP) is 7.25. The number of nitrogens with zero attached hydrogens (tertiary/aromatic N) is 1. The highest BCUT2D eigenvalue weighted by Crippen LogP contribution is 2.59. The lowest BCUT2D eigenvalue weighted by Gasteiger charge is -2.35. The number of ether oxygens (including phenoxy) is 3. The molecule has 1 aliphatic heterocycles. The Balaban J connectivity index is 1.80. The van der Waals surface area contributed by atoms with E-state index in [1.165, 1.54) is 11.2 Å². The predicted molar refractivity (Wildman–Crippen MR) is 150 cm³/mol. The molecule has 1 N–H and O–H groups in total. The third-order valence-electron chi connectivity index (χ3n) is 5.52. The molecular formula is C29H41NO8P+. The van der Waals surface area contributed by atoms with E-state index in [0.29, 0.717) is 24.5 Å². The van der Waals surface area contributed by atoms with Crippen molar-refractivity contribution in [3.8, 4) is 11.5 Å². The maximum atomic E-state index is 13.4. The summed E-state index contributed by atoms with van der Waals surface area (Å²) < 4.78 is 34.7. The Kier molecular flexibility index (Phi) is 11.7. The molecular weight excluding hydrogens is 521 g/mol. The lowest BCUT2D eigenvalue weighted by atomic mass is 10.1. The van der Waals surface area contributed by atoms with Gasteiger partial charge in [-0.15, -0.1) is 4.89 Å². The monoisotopic (exact) mass is 562 g/mol. The summed E-state index contributed by atoms with van der Waals surface area (Å²) in [5.74, 6) is 0.623. The van der Waals surface area contributed by atoms with Crippen LogP contribution in [0.5, 0.6) is 11.5 Å². The first-order valence-corrected chi connectivity index (χ1v) is 14.9. The van der Waals surface area contributed by atoms with Gasteiger partial charge in [0, 0.05) is 13.2 Å². The molecule has 1 aliphatic rings. The molecule has 1 heterocycles. The molecule has 0 aromatic heterocycles. The standard InChI is InChI=1S/C29H41NO8P/c1-5-6-20-33-21-14-13-15-24-22-34-23-27(30(24)28(31)35-29(2,3)4)38-39(32,36-25-16-9-7-10-17-25)37-26-18-11-8-12-19-26/h7-12,16-19,23-24,32H,5-6,13-15,20-22H2,1-4H3/q+1/t24-/m1/s1. The Morgan fingerprint density at radius 2 is 1.54 bits per heavy atom. The molecule has 0 spiro atoms. The van der Waals surface area contributed by atoms with E-state index in [1.807, 2.05) is 12.1 Å². The summed E-state index contributed by atoms with van der Waals surface area (Å²) in [5, 5.41) is 0. The zero-order chi connectivity index (χ0) is 28.1. The second-order valence-corrected chi connectivity index (χ2v) is 11.6. The lowest BCUT2D eigenvalue weighted by Crippen LogP contribution is -2.47. The van der Waals surface area contributed by atoms with Gasteiger partial charge in [-0.05, 0) is 70.7 Å². The number of benzene rings is 2. The average molecular weight is 563 g/mol. The van der Waals surface area contributed by atoms with Crippen molar-refractivity contribution >= 4 is 14.3 Å². The molecule has 3 rings (SSSR count). The summed E-state index contributed by atoms with van der Waals surface area (Å²) in [4.78, 5) is 26.3. The maximum absolute atomic E-state index is 13.4. The summed E-state index contributed by atoms with van der Waals surface area (Å²) in [7, 11) is -4.10. The van der Waals surface area contributed by atoms with Crippen molar-refractivity contribution in [3.05, 3.63) is 72.8 Å². The highest BCUT2D eigenvalue weighted by Gasteiger charge is 2.54. The van der Waals surface area contributed by atoms with Crippen molar-refractivity contribution in [2.24, 2.45) is 0 Å². The minimum absolute atomic E-state index is 0.0533. The van der Waals surface area contributed by atoms with Gasteiger partial charge in [0.2, 0.25) is 0 Å². The largest absolute Gasteiger partial charge is 0.716 e. The fourth-order valence-corrected chi connectivity index (χ4v) is 4.96. The average Bonchev–Trinajstić information content (AvgIpc) is 2.88. The van der Waals surface area contributed by atoms with E-state index in [9.17, 15) is 9.69 Å². The summed E-state index contributed by atoms with van der Waals surface area (Å²) in [6.07, 6.45) is 5.05. The van der Waals surface area contributed by atoms with Gasteiger partial charge in [-0.1, -0.05) is 49.7 Å². The minimum atomic E-state index is -4.10. The summed E-state index contributed by atoms with van der Waals surface area (Å²) in [5.41, 5.74) is -0.745. The van der Waals surface area contributed by atoms with Crippen LogP contribution in [0.1, 0.15) is 59.8 Å². The molecule has 0 saturated heterocycles. The zero-order valence-electron chi connectivity index (χ0n) is 23.3. The third kappa shape index (κ3) is 10.6. The second kappa shape index (κ2) is 15.0. The number of rotatable bonds is 14. The Morgan fingerprint density at radius 3 is 2.10 bits per heavy atom. The number of unbranched alkanes of at least 4 members (excludes halogenated alkanes) is 2. The van der Waals surface area contributed by atoms with E-state index in [1.54, 1.807) is 69.3 Å². The van der Waals surface area contributed by atoms with Crippen molar-refractivity contribution in [2.75, 3.05) is 19.8 Å². The van der Waals surface area contributed by atoms with Crippen LogP contribution >= 0.6 is 8.17 Å². The fourth-order valence-electron chi connectivity index (χ4n) is 3.71. The Bertz CT molecular complexity index is 987. The first-order valence-electron chi connectivity index (χ1n) is 13.4. The van der Waals surface area contributed by atoms with Crippen LogP contribution < -0.4 is 9.05 Å². The molecule has 2 aromatic rings. The summed E-state index contributed by atoms with van der Waals surface area (Å²) in [6.45, 7) is 9.15. The molecule has 214 valence electrons. The molecule has 9 nitrogen and oxygen atoms in total. The van der Waals surface area contributed by atoms with Crippen LogP contribution in [-0.4, -0.2) is 47.4 Å². The Morgan fingerprint density at radius 1 is 0.949 bits per heavy atom. The van der Waals surface area contributed by atoms with E-state index in [2.05, 4.69) is 6.92 Å². The highest BCUT2D eigenvalue weighted by molar-refractivity contribution is 7.56. The summed E-state index contributed by atoms with van der Waals surface area (Å²) in [6, 6.07) is 17.0. The van der Waals surface area contributed by atoms with E-state index in [0.717, 1.165) is 32.3 Å². The number of carbonyl (C=O) groups excluding carboxylic acids is 1. The first kappa shape index (κ1) is 30.5. The van der Waals surface area contributed by atoms with Gasteiger partial charge in [0.05, 0.1) is 6.04 Å². The van der Waals surface area contributed by atoms with Crippen molar-refractivity contribution in [1.82, 2.24) is 4.90 Å². The van der Waals surface area contributed by atoms with Crippen LogP contribution in [0.15, 0.2) is 72.8 Å². The molecule has 0 aliphatic carbocycles. The van der Waals surface area contributed by atoms with Gasteiger partial charge in [0.25, 0.3) is 5.88 Å². The number of hydrogen-bond acceptors (Lipinski definition) is 8. The van der Waals surface area contributed by atoms with Crippen molar-refractivity contribution in [2.45, 2.75) is 71.4 Å². The van der Waals surface area contributed by atoms with Crippen LogP contribution in [0, 0.1) is 0 Å². The molecule has 1 atom stereocenters. The van der Waals surface area contributed by atoms with Gasteiger partial charge in [-0.25, -0.2) is 23.3 Å². The zero-order valence-corrected chi connectivity index (χ0v) is 24.2. The van der Waals surface area contributed by atoms with Gasteiger partial charge in [0.1, 0.15) is 18.5 Å². The van der Waals surface area contributed by atoms with Crippen LogP contribution in [-0.2, 0) is 18.7 Å². The quantitative estimate of drug-likeness (QED) is 0.190. The molecule has 0 saturated carbocycles. The number of carbonyl (C=O) groups is 1. The number of para-hydroxylation sites is 2. The van der Waals surface area contributed by atoms with Crippen LogP contribution in [0.25, 0.3) is 0 Å². The van der Waals surface area contributed by atoms with E-state index >= 15 is 0 Å².